The fourth-order valence-electron chi connectivity index (χ4n) is 1.52. The third-order valence-electron chi connectivity index (χ3n) is 2.48. The molecule has 18 heavy (non-hydrogen) atoms. The Kier molecular flexibility index (Phi) is 4.09. The fourth-order valence-corrected chi connectivity index (χ4v) is 2.28. The van der Waals surface area contributed by atoms with Gasteiger partial charge in [-0.1, -0.05) is 11.8 Å². The minimum absolute atomic E-state index is 0.150. The summed E-state index contributed by atoms with van der Waals surface area (Å²) in [7, 11) is 1.60. The van der Waals surface area contributed by atoms with Crippen LogP contribution in [0.3, 0.4) is 0 Å². The Bertz CT molecular complexity index is 430. The largest absolute Gasteiger partial charge is 0.497 e. The highest BCUT2D eigenvalue weighted by Gasteiger charge is 2.29. The number of amides is 2. The van der Waals surface area contributed by atoms with Gasteiger partial charge in [0.15, 0.2) is 0 Å². The van der Waals surface area contributed by atoms with Gasteiger partial charge in [-0.05, 0) is 24.3 Å². The van der Waals surface area contributed by atoms with E-state index < -0.39 is 0 Å². The van der Waals surface area contributed by atoms with Gasteiger partial charge in [-0.25, -0.2) is 0 Å². The van der Waals surface area contributed by atoms with E-state index in [4.69, 9.17) is 9.47 Å². The molecule has 1 fully saturated rings. The van der Waals surface area contributed by atoms with Gasteiger partial charge in [0.1, 0.15) is 18.1 Å². The molecule has 0 N–H and O–H groups in total. The van der Waals surface area contributed by atoms with Crippen LogP contribution in [0.15, 0.2) is 24.3 Å². The summed E-state index contributed by atoms with van der Waals surface area (Å²) in [6.07, 6.45) is 0. The molecule has 0 spiro atoms. The Morgan fingerprint density at radius 2 is 1.89 bits per heavy atom. The number of benzene rings is 1. The smallest absolute Gasteiger partial charge is 0.288 e. The van der Waals surface area contributed by atoms with Crippen LogP contribution in [-0.2, 0) is 4.79 Å². The van der Waals surface area contributed by atoms with E-state index in [1.54, 1.807) is 31.4 Å². The van der Waals surface area contributed by atoms with Crippen molar-refractivity contribution in [2.45, 2.75) is 0 Å². The summed E-state index contributed by atoms with van der Waals surface area (Å²) in [5.41, 5.74) is 0. The minimum atomic E-state index is -0.196. The van der Waals surface area contributed by atoms with Crippen LogP contribution in [0.4, 0.5) is 4.79 Å². The summed E-state index contributed by atoms with van der Waals surface area (Å²) in [5.74, 6) is 1.52. The number of methoxy groups -OCH3 is 1. The molecule has 2 amide bonds. The van der Waals surface area contributed by atoms with Gasteiger partial charge >= 0.3 is 0 Å². The van der Waals surface area contributed by atoms with Gasteiger partial charge in [0.05, 0.1) is 19.4 Å². The lowest BCUT2D eigenvalue weighted by molar-refractivity contribution is -0.124. The first kappa shape index (κ1) is 12.8. The maximum atomic E-state index is 11.3. The second kappa shape index (κ2) is 5.77. The quantitative estimate of drug-likeness (QED) is 0.813. The Hall–Kier alpha value is -1.69. The monoisotopic (exact) mass is 267 g/mol. The van der Waals surface area contributed by atoms with Crippen LogP contribution in [0, 0.1) is 0 Å². The van der Waals surface area contributed by atoms with Crippen LogP contribution in [-0.4, -0.2) is 42.1 Å². The van der Waals surface area contributed by atoms with Crippen molar-refractivity contribution in [1.29, 1.82) is 0 Å². The topological polar surface area (TPSA) is 55.8 Å². The lowest BCUT2D eigenvalue weighted by atomic mass is 10.3. The normalized spacial score (nSPS) is 15.1. The molecule has 96 valence electrons. The van der Waals surface area contributed by atoms with Gasteiger partial charge in [-0.15, -0.1) is 0 Å². The van der Waals surface area contributed by atoms with Crippen molar-refractivity contribution in [1.82, 2.24) is 4.90 Å². The van der Waals surface area contributed by atoms with Crippen LogP contribution in [0.25, 0.3) is 0 Å². The maximum Gasteiger partial charge on any atom is 0.288 e. The number of rotatable bonds is 5. The summed E-state index contributed by atoms with van der Waals surface area (Å²) in [6.45, 7) is 0.584. The summed E-state index contributed by atoms with van der Waals surface area (Å²) in [5, 5.41) is -0.196. The van der Waals surface area contributed by atoms with Crippen LogP contribution >= 0.6 is 11.8 Å². The van der Waals surface area contributed by atoms with E-state index in [0.717, 1.165) is 17.5 Å². The molecular formula is C12H13NO4S. The zero-order valence-corrected chi connectivity index (χ0v) is 10.7. The second-order valence-corrected chi connectivity index (χ2v) is 4.55. The zero-order chi connectivity index (χ0) is 13.0. The highest BCUT2D eigenvalue weighted by molar-refractivity contribution is 8.14. The molecule has 1 aromatic rings. The molecule has 0 bridgehead atoms. The number of carbonyl (C=O) groups excluding carboxylic acids is 2. The minimum Gasteiger partial charge on any atom is -0.497 e. The highest BCUT2D eigenvalue weighted by Crippen LogP contribution is 2.19. The Labute approximate surface area is 109 Å². The Morgan fingerprint density at radius 3 is 2.44 bits per heavy atom. The van der Waals surface area contributed by atoms with Crippen molar-refractivity contribution in [3.8, 4) is 11.5 Å². The predicted octanol–water partition coefficient (Wildman–Crippen LogP) is 1.77. The van der Waals surface area contributed by atoms with Gasteiger partial charge in [-0.3, -0.25) is 14.5 Å². The molecule has 0 radical (unpaired) electrons. The molecule has 1 aromatic carbocycles. The molecule has 2 rings (SSSR count). The molecule has 1 heterocycles. The van der Waals surface area contributed by atoms with Gasteiger partial charge in [0.25, 0.3) is 5.24 Å². The van der Waals surface area contributed by atoms with Crippen molar-refractivity contribution in [3.05, 3.63) is 24.3 Å². The van der Waals surface area contributed by atoms with Crippen molar-refractivity contribution >= 4 is 22.9 Å². The molecular weight excluding hydrogens is 254 g/mol. The van der Waals surface area contributed by atoms with E-state index in [9.17, 15) is 9.59 Å². The Balaban J connectivity index is 1.81. The fraction of sp³-hybridized carbons (Fsp3) is 0.333. The SMILES string of the molecule is COc1ccc(OCCN2C(=O)CSC2=O)cc1. The average molecular weight is 267 g/mol. The third-order valence-corrected chi connectivity index (χ3v) is 3.34. The van der Waals surface area contributed by atoms with E-state index in [1.807, 2.05) is 0 Å². The molecule has 0 atom stereocenters. The first-order valence-corrected chi connectivity index (χ1v) is 6.43. The standard InChI is InChI=1S/C12H13NO4S/c1-16-9-2-4-10(5-3-9)17-7-6-13-11(14)8-18-12(13)15/h2-5H,6-8H2,1H3. The zero-order valence-electron chi connectivity index (χ0n) is 9.92. The molecule has 6 heteroatoms. The van der Waals surface area contributed by atoms with E-state index in [-0.39, 0.29) is 23.4 Å². The van der Waals surface area contributed by atoms with Gasteiger partial charge in [0.2, 0.25) is 5.91 Å². The summed E-state index contributed by atoms with van der Waals surface area (Å²) >= 11 is 1.03. The number of thioether (sulfide) groups is 1. The molecule has 5 nitrogen and oxygen atoms in total. The number of ether oxygens (including phenoxy) is 2. The molecule has 0 unspecified atom stereocenters. The lowest BCUT2D eigenvalue weighted by Crippen LogP contribution is -2.32. The van der Waals surface area contributed by atoms with E-state index in [1.165, 1.54) is 4.90 Å². The summed E-state index contributed by atoms with van der Waals surface area (Å²) in [6, 6.07) is 7.14. The summed E-state index contributed by atoms with van der Waals surface area (Å²) < 4.78 is 10.5. The van der Waals surface area contributed by atoms with E-state index >= 15 is 0 Å². The van der Waals surface area contributed by atoms with Crippen LogP contribution in [0.5, 0.6) is 11.5 Å². The van der Waals surface area contributed by atoms with E-state index in [0.29, 0.717) is 12.4 Å². The number of hydrogen-bond donors (Lipinski definition) is 0. The van der Waals surface area contributed by atoms with Crippen LogP contribution in [0.2, 0.25) is 0 Å². The van der Waals surface area contributed by atoms with Gasteiger partial charge in [0, 0.05) is 0 Å². The molecule has 0 saturated carbocycles. The second-order valence-electron chi connectivity index (χ2n) is 3.62. The van der Waals surface area contributed by atoms with E-state index in [2.05, 4.69) is 0 Å². The first-order chi connectivity index (χ1) is 8.70. The maximum absolute atomic E-state index is 11.3. The Morgan fingerprint density at radius 1 is 1.22 bits per heavy atom. The number of carbonyl (C=O) groups is 2. The molecule has 0 aromatic heterocycles. The average Bonchev–Trinajstić information content (AvgIpc) is 2.71. The number of hydrogen-bond acceptors (Lipinski definition) is 5. The molecule has 1 saturated heterocycles. The predicted molar refractivity (Wildman–Crippen MR) is 68.1 cm³/mol. The number of imide groups is 1. The lowest BCUT2D eigenvalue weighted by Gasteiger charge is -2.13. The van der Waals surface area contributed by atoms with Crippen LogP contribution in [0.1, 0.15) is 0 Å². The van der Waals surface area contributed by atoms with Crippen LogP contribution < -0.4 is 9.47 Å². The van der Waals surface area contributed by atoms with Crippen molar-refractivity contribution in [2.75, 3.05) is 26.0 Å². The molecule has 1 aliphatic rings. The highest BCUT2D eigenvalue weighted by atomic mass is 32.2. The van der Waals surface area contributed by atoms with Crippen molar-refractivity contribution in [3.63, 3.8) is 0 Å². The first-order valence-electron chi connectivity index (χ1n) is 5.44. The molecule has 0 aliphatic carbocycles. The number of nitrogens with zero attached hydrogens (tertiary/aromatic N) is 1. The third kappa shape index (κ3) is 2.95. The molecule has 1 aliphatic heterocycles. The van der Waals surface area contributed by atoms with Crippen molar-refractivity contribution in [2.24, 2.45) is 0 Å². The van der Waals surface area contributed by atoms with Gasteiger partial charge < -0.3 is 9.47 Å². The van der Waals surface area contributed by atoms with Crippen molar-refractivity contribution < 1.29 is 19.1 Å². The summed E-state index contributed by atoms with van der Waals surface area (Å²) in [4.78, 5) is 23.8. The van der Waals surface area contributed by atoms with Gasteiger partial charge in [-0.2, -0.15) is 0 Å².